The Morgan fingerprint density at radius 2 is 1.92 bits per heavy atom. The van der Waals surface area contributed by atoms with Crippen molar-refractivity contribution in [3.63, 3.8) is 0 Å². The first kappa shape index (κ1) is 12.4. The lowest BCUT2D eigenvalue weighted by Crippen LogP contribution is -2.34. The fraction of sp³-hybridized carbons (Fsp3) is 0.900. The second kappa shape index (κ2) is 5.97. The van der Waals surface area contributed by atoms with Crippen LogP contribution in [0.4, 0.5) is 0 Å². The molecule has 0 spiro atoms. The third-order valence-corrected chi connectivity index (χ3v) is 1.71. The lowest BCUT2D eigenvalue weighted by molar-refractivity contribution is -0.120. The Morgan fingerprint density at radius 3 is 2.38 bits per heavy atom. The van der Waals surface area contributed by atoms with E-state index in [9.17, 15) is 4.79 Å². The van der Waals surface area contributed by atoms with Gasteiger partial charge in [-0.2, -0.15) is 0 Å². The van der Waals surface area contributed by atoms with Gasteiger partial charge in [0, 0.05) is 6.54 Å². The van der Waals surface area contributed by atoms with E-state index >= 15 is 0 Å². The average molecular weight is 186 g/mol. The first-order chi connectivity index (χ1) is 5.95. The van der Waals surface area contributed by atoms with Crippen molar-refractivity contribution in [2.45, 2.75) is 34.1 Å². The summed E-state index contributed by atoms with van der Waals surface area (Å²) in [6, 6.07) is 0. The zero-order valence-corrected chi connectivity index (χ0v) is 9.24. The molecule has 0 aliphatic rings. The van der Waals surface area contributed by atoms with Gasteiger partial charge in [-0.1, -0.05) is 20.8 Å². The molecule has 0 heterocycles. The second-order valence-corrected chi connectivity index (χ2v) is 4.44. The Balaban J connectivity index is 3.31. The fourth-order valence-electron chi connectivity index (χ4n) is 0.925. The third-order valence-electron chi connectivity index (χ3n) is 1.71. The predicted molar refractivity (Wildman–Crippen MR) is 55.6 cm³/mol. The van der Waals surface area contributed by atoms with Crippen molar-refractivity contribution in [3.05, 3.63) is 0 Å². The number of carbonyl (C=O) groups excluding carboxylic acids is 1. The molecule has 3 nitrogen and oxygen atoms in total. The van der Waals surface area contributed by atoms with Crippen molar-refractivity contribution in [1.29, 1.82) is 0 Å². The molecule has 3 heteroatoms. The Bertz CT molecular complexity index is 149. The standard InChI is InChI=1S/C10H22N2O/c1-5-12-9(13)8-11-7-6-10(2,3)4/h11H,5-8H2,1-4H3,(H,12,13). The minimum absolute atomic E-state index is 0.0800. The average Bonchev–Trinajstić information content (AvgIpc) is 1.97. The van der Waals surface area contributed by atoms with Crippen LogP contribution in [0.15, 0.2) is 0 Å². The molecular weight excluding hydrogens is 164 g/mol. The van der Waals surface area contributed by atoms with Crippen LogP contribution in [0, 0.1) is 5.41 Å². The van der Waals surface area contributed by atoms with Crippen LogP contribution in [0.2, 0.25) is 0 Å². The van der Waals surface area contributed by atoms with Crippen LogP contribution in [0.1, 0.15) is 34.1 Å². The van der Waals surface area contributed by atoms with E-state index in [4.69, 9.17) is 0 Å². The molecule has 13 heavy (non-hydrogen) atoms. The van der Waals surface area contributed by atoms with E-state index in [1.807, 2.05) is 6.92 Å². The third kappa shape index (κ3) is 9.34. The molecule has 0 rings (SSSR count). The molecular formula is C10H22N2O. The molecule has 0 unspecified atom stereocenters. The number of hydrogen-bond donors (Lipinski definition) is 2. The maximum Gasteiger partial charge on any atom is 0.233 e. The van der Waals surface area contributed by atoms with E-state index in [1.165, 1.54) is 0 Å². The smallest absolute Gasteiger partial charge is 0.233 e. The molecule has 0 aromatic rings. The summed E-state index contributed by atoms with van der Waals surface area (Å²) >= 11 is 0. The predicted octanol–water partition coefficient (Wildman–Crippen LogP) is 1.15. The Hall–Kier alpha value is -0.570. The van der Waals surface area contributed by atoms with E-state index in [1.54, 1.807) is 0 Å². The normalized spacial score (nSPS) is 11.4. The largest absolute Gasteiger partial charge is 0.355 e. The Morgan fingerprint density at radius 1 is 1.31 bits per heavy atom. The molecule has 0 saturated heterocycles. The van der Waals surface area contributed by atoms with Gasteiger partial charge in [0.05, 0.1) is 6.54 Å². The topological polar surface area (TPSA) is 41.1 Å². The molecule has 0 radical (unpaired) electrons. The molecule has 0 atom stereocenters. The summed E-state index contributed by atoms with van der Waals surface area (Å²) in [5, 5.41) is 5.86. The molecule has 0 bridgehead atoms. The van der Waals surface area contributed by atoms with Crippen LogP contribution in [0.5, 0.6) is 0 Å². The molecule has 0 aromatic carbocycles. The SMILES string of the molecule is CCNC(=O)CNCCC(C)(C)C. The van der Waals surface area contributed by atoms with Crippen LogP contribution in [0.3, 0.4) is 0 Å². The summed E-state index contributed by atoms with van der Waals surface area (Å²) in [5.74, 6) is 0.0800. The quantitative estimate of drug-likeness (QED) is 0.632. The van der Waals surface area contributed by atoms with Crippen molar-refractivity contribution < 1.29 is 4.79 Å². The maximum absolute atomic E-state index is 11.0. The van der Waals surface area contributed by atoms with E-state index in [-0.39, 0.29) is 5.91 Å². The summed E-state index contributed by atoms with van der Waals surface area (Å²) in [6.07, 6.45) is 1.09. The van der Waals surface area contributed by atoms with Gasteiger partial charge in [-0.3, -0.25) is 4.79 Å². The molecule has 0 aromatic heterocycles. The summed E-state index contributed by atoms with van der Waals surface area (Å²) in [7, 11) is 0. The van der Waals surface area contributed by atoms with Gasteiger partial charge in [0.25, 0.3) is 0 Å². The van der Waals surface area contributed by atoms with Crippen LogP contribution >= 0.6 is 0 Å². The van der Waals surface area contributed by atoms with Gasteiger partial charge in [0.1, 0.15) is 0 Å². The zero-order valence-electron chi connectivity index (χ0n) is 9.24. The molecule has 0 aliphatic heterocycles. The Labute approximate surface area is 81.3 Å². The summed E-state index contributed by atoms with van der Waals surface area (Å²) in [6.45, 7) is 10.6. The number of nitrogens with one attached hydrogen (secondary N) is 2. The van der Waals surface area contributed by atoms with E-state index in [0.717, 1.165) is 13.0 Å². The van der Waals surface area contributed by atoms with Gasteiger partial charge in [-0.15, -0.1) is 0 Å². The first-order valence-electron chi connectivity index (χ1n) is 4.93. The van der Waals surface area contributed by atoms with E-state index < -0.39 is 0 Å². The lowest BCUT2D eigenvalue weighted by atomic mass is 9.92. The first-order valence-corrected chi connectivity index (χ1v) is 4.93. The van der Waals surface area contributed by atoms with Crippen molar-refractivity contribution in [2.24, 2.45) is 5.41 Å². The molecule has 1 amide bonds. The second-order valence-electron chi connectivity index (χ2n) is 4.44. The van der Waals surface area contributed by atoms with Gasteiger partial charge >= 0.3 is 0 Å². The van der Waals surface area contributed by atoms with Gasteiger partial charge < -0.3 is 10.6 Å². The minimum Gasteiger partial charge on any atom is -0.355 e. The fourth-order valence-corrected chi connectivity index (χ4v) is 0.925. The molecule has 78 valence electrons. The van der Waals surface area contributed by atoms with E-state index in [0.29, 0.717) is 18.5 Å². The number of carbonyl (C=O) groups is 1. The maximum atomic E-state index is 11.0. The number of amides is 1. The summed E-state index contributed by atoms with van der Waals surface area (Å²) in [4.78, 5) is 11.0. The molecule has 0 fully saturated rings. The molecule has 0 aliphatic carbocycles. The zero-order chi connectivity index (χ0) is 10.3. The van der Waals surface area contributed by atoms with E-state index in [2.05, 4.69) is 31.4 Å². The molecule has 2 N–H and O–H groups in total. The van der Waals surface area contributed by atoms with Crippen molar-refractivity contribution in [3.8, 4) is 0 Å². The highest BCUT2D eigenvalue weighted by Crippen LogP contribution is 2.16. The van der Waals surface area contributed by atoms with Crippen molar-refractivity contribution in [1.82, 2.24) is 10.6 Å². The number of likely N-dealkylation sites (N-methyl/N-ethyl adjacent to an activating group) is 1. The van der Waals surface area contributed by atoms with Crippen LogP contribution < -0.4 is 10.6 Å². The monoisotopic (exact) mass is 186 g/mol. The van der Waals surface area contributed by atoms with Crippen molar-refractivity contribution in [2.75, 3.05) is 19.6 Å². The molecule has 0 saturated carbocycles. The number of hydrogen-bond acceptors (Lipinski definition) is 2. The Kier molecular flexibility index (Phi) is 5.71. The lowest BCUT2D eigenvalue weighted by Gasteiger charge is -2.17. The van der Waals surface area contributed by atoms with Gasteiger partial charge in [-0.25, -0.2) is 0 Å². The van der Waals surface area contributed by atoms with Gasteiger partial charge in [0.15, 0.2) is 0 Å². The van der Waals surface area contributed by atoms with Gasteiger partial charge in [0.2, 0.25) is 5.91 Å². The highest BCUT2D eigenvalue weighted by atomic mass is 16.1. The minimum atomic E-state index is 0.0800. The summed E-state index contributed by atoms with van der Waals surface area (Å²) < 4.78 is 0. The summed E-state index contributed by atoms with van der Waals surface area (Å²) in [5.41, 5.74) is 0.342. The highest BCUT2D eigenvalue weighted by Gasteiger charge is 2.09. The van der Waals surface area contributed by atoms with Crippen LogP contribution in [-0.4, -0.2) is 25.5 Å². The van der Waals surface area contributed by atoms with Crippen molar-refractivity contribution >= 4 is 5.91 Å². The van der Waals surface area contributed by atoms with Crippen LogP contribution in [0.25, 0.3) is 0 Å². The van der Waals surface area contributed by atoms with Crippen LogP contribution in [-0.2, 0) is 4.79 Å². The number of rotatable bonds is 5. The van der Waals surface area contributed by atoms with Gasteiger partial charge in [-0.05, 0) is 25.3 Å². The highest BCUT2D eigenvalue weighted by molar-refractivity contribution is 5.77.